The van der Waals surface area contributed by atoms with Gasteiger partial charge in [-0.3, -0.25) is 15.0 Å². The summed E-state index contributed by atoms with van der Waals surface area (Å²) in [6.45, 7) is 0.990. The van der Waals surface area contributed by atoms with Gasteiger partial charge in [0.2, 0.25) is 0 Å². The zero-order valence-corrected chi connectivity index (χ0v) is 14.7. The first-order chi connectivity index (χ1) is 11.3. The predicted octanol–water partition coefficient (Wildman–Crippen LogP) is 3.94. The highest BCUT2D eigenvalue weighted by Gasteiger charge is 2.13. The minimum absolute atomic E-state index is 0.0287. The lowest BCUT2D eigenvalue weighted by Gasteiger charge is -2.21. The molecule has 7 heteroatoms. The van der Waals surface area contributed by atoms with Crippen molar-refractivity contribution in [2.24, 2.45) is 0 Å². The van der Waals surface area contributed by atoms with Crippen LogP contribution in [0.25, 0.3) is 0 Å². The van der Waals surface area contributed by atoms with Crippen molar-refractivity contribution < 1.29 is 10.0 Å². The zero-order chi connectivity index (χ0) is 17.7. The van der Waals surface area contributed by atoms with Gasteiger partial charge in [0.15, 0.2) is 0 Å². The third-order valence-electron chi connectivity index (χ3n) is 3.57. The van der Waals surface area contributed by atoms with Crippen LogP contribution in [0.15, 0.2) is 42.5 Å². The Hall–Kier alpha value is -1.66. The smallest absolute Gasteiger partial charge is 0.269 e. The van der Waals surface area contributed by atoms with Crippen molar-refractivity contribution in [3.63, 3.8) is 0 Å². The van der Waals surface area contributed by atoms with Gasteiger partial charge < -0.3 is 5.11 Å². The summed E-state index contributed by atoms with van der Waals surface area (Å²) in [6.07, 6.45) is -0.288. The van der Waals surface area contributed by atoms with Crippen LogP contribution in [0.5, 0.6) is 0 Å². The summed E-state index contributed by atoms with van der Waals surface area (Å²) in [6, 6.07) is 11.6. The topological polar surface area (TPSA) is 66.6 Å². The average Bonchev–Trinajstić information content (AvgIpc) is 2.50. The van der Waals surface area contributed by atoms with Crippen molar-refractivity contribution in [2.75, 3.05) is 13.6 Å². The standard InChI is InChI=1S/C17H18Cl2N2O3/c1-20(10-13-5-6-14(18)9-17(13)19)11-16(22)8-12-3-2-4-15(7-12)21(23)24/h2-7,9,16,22H,8,10-11H2,1H3. The van der Waals surface area contributed by atoms with Crippen LogP contribution in [0.4, 0.5) is 5.69 Å². The van der Waals surface area contributed by atoms with Gasteiger partial charge in [0.1, 0.15) is 0 Å². The number of nitrogens with zero attached hydrogens (tertiary/aromatic N) is 2. The summed E-state index contributed by atoms with van der Waals surface area (Å²) in [4.78, 5) is 12.3. The Balaban J connectivity index is 1.92. The van der Waals surface area contributed by atoms with Gasteiger partial charge in [-0.2, -0.15) is 0 Å². The molecule has 0 spiro atoms. The first kappa shape index (κ1) is 18.7. The lowest BCUT2D eigenvalue weighted by atomic mass is 10.1. The van der Waals surface area contributed by atoms with Gasteiger partial charge in [-0.25, -0.2) is 0 Å². The van der Waals surface area contributed by atoms with Gasteiger partial charge in [0.05, 0.1) is 11.0 Å². The molecule has 0 bridgehead atoms. The Bertz CT molecular complexity index is 725. The third-order valence-corrected chi connectivity index (χ3v) is 4.16. The maximum Gasteiger partial charge on any atom is 0.269 e. The van der Waals surface area contributed by atoms with E-state index in [1.165, 1.54) is 12.1 Å². The molecule has 0 saturated carbocycles. The first-order valence-corrected chi connectivity index (χ1v) is 8.14. The zero-order valence-electron chi connectivity index (χ0n) is 13.2. The summed E-state index contributed by atoms with van der Waals surface area (Å²) in [7, 11) is 1.88. The number of halogens is 2. The van der Waals surface area contributed by atoms with Crippen LogP contribution in [-0.4, -0.2) is 34.6 Å². The molecule has 0 aliphatic carbocycles. The fourth-order valence-corrected chi connectivity index (χ4v) is 2.97. The molecule has 0 heterocycles. The molecule has 0 radical (unpaired) electrons. The van der Waals surface area contributed by atoms with E-state index in [1.807, 2.05) is 18.0 Å². The summed E-state index contributed by atoms with van der Waals surface area (Å²) >= 11 is 12.0. The molecule has 1 atom stereocenters. The minimum Gasteiger partial charge on any atom is -0.391 e. The highest BCUT2D eigenvalue weighted by molar-refractivity contribution is 6.35. The number of rotatable bonds is 7. The number of hydrogen-bond acceptors (Lipinski definition) is 4. The normalized spacial score (nSPS) is 12.4. The van der Waals surface area contributed by atoms with E-state index in [4.69, 9.17) is 23.2 Å². The Morgan fingerprint density at radius 3 is 2.67 bits per heavy atom. The number of aliphatic hydroxyl groups excluding tert-OH is 1. The molecule has 24 heavy (non-hydrogen) atoms. The Kier molecular flexibility index (Phi) is 6.57. The maximum absolute atomic E-state index is 10.8. The van der Waals surface area contributed by atoms with Crippen LogP contribution >= 0.6 is 23.2 Å². The molecule has 0 aromatic heterocycles. The van der Waals surface area contributed by atoms with Gasteiger partial charge in [-0.05, 0) is 36.7 Å². The van der Waals surface area contributed by atoms with E-state index in [0.29, 0.717) is 29.6 Å². The highest BCUT2D eigenvalue weighted by Crippen LogP contribution is 2.22. The van der Waals surface area contributed by atoms with Crippen molar-refractivity contribution in [3.8, 4) is 0 Å². The lowest BCUT2D eigenvalue weighted by molar-refractivity contribution is -0.384. The van der Waals surface area contributed by atoms with Gasteiger partial charge in [0, 0.05) is 35.3 Å². The molecule has 2 aromatic carbocycles. The van der Waals surface area contributed by atoms with E-state index in [9.17, 15) is 15.2 Å². The Morgan fingerprint density at radius 2 is 2.00 bits per heavy atom. The summed E-state index contributed by atoms with van der Waals surface area (Å²) < 4.78 is 0. The van der Waals surface area contributed by atoms with Gasteiger partial charge in [0.25, 0.3) is 5.69 Å². The van der Waals surface area contributed by atoms with Crippen LogP contribution in [0.1, 0.15) is 11.1 Å². The molecule has 1 unspecified atom stereocenters. The van der Waals surface area contributed by atoms with Crippen LogP contribution < -0.4 is 0 Å². The molecule has 2 rings (SSSR count). The quantitative estimate of drug-likeness (QED) is 0.593. The SMILES string of the molecule is CN(Cc1ccc(Cl)cc1Cl)CC(O)Cc1cccc([N+](=O)[O-])c1. The molecule has 0 amide bonds. The van der Waals surface area contributed by atoms with Crippen LogP contribution in [0.2, 0.25) is 10.0 Å². The fourth-order valence-electron chi connectivity index (χ4n) is 2.50. The van der Waals surface area contributed by atoms with Crippen molar-refractivity contribution in [2.45, 2.75) is 19.1 Å². The van der Waals surface area contributed by atoms with Crippen molar-refractivity contribution in [3.05, 3.63) is 73.8 Å². The van der Waals surface area contributed by atoms with Crippen molar-refractivity contribution >= 4 is 28.9 Å². The van der Waals surface area contributed by atoms with E-state index in [0.717, 1.165) is 11.1 Å². The van der Waals surface area contributed by atoms with Crippen LogP contribution in [-0.2, 0) is 13.0 Å². The summed E-state index contributed by atoms with van der Waals surface area (Å²) in [5, 5.41) is 22.2. The van der Waals surface area contributed by atoms with Gasteiger partial charge in [-0.15, -0.1) is 0 Å². The number of likely N-dealkylation sites (N-methyl/N-ethyl adjacent to an activating group) is 1. The molecular formula is C17H18Cl2N2O3. The minimum atomic E-state index is -0.636. The van der Waals surface area contributed by atoms with E-state index >= 15 is 0 Å². The lowest BCUT2D eigenvalue weighted by Crippen LogP contribution is -2.30. The van der Waals surface area contributed by atoms with Crippen molar-refractivity contribution in [1.29, 1.82) is 0 Å². The van der Waals surface area contributed by atoms with Crippen LogP contribution in [0, 0.1) is 10.1 Å². The van der Waals surface area contributed by atoms with Gasteiger partial charge in [-0.1, -0.05) is 41.4 Å². The second kappa shape index (κ2) is 8.44. The molecule has 0 aliphatic rings. The number of benzene rings is 2. The number of nitro benzene ring substituents is 1. The number of non-ortho nitro benzene ring substituents is 1. The largest absolute Gasteiger partial charge is 0.391 e. The van der Waals surface area contributed by atoms with E-state index in [2.05, 4.69) is 0 Å². The molecule has 2 aromatic rings. The first-order valence-electron chi connectivity index (χ1n) is 7.39. The molecule has 0 fully saturated rings. The Labute approximate surface area is 150 Å². The molecule has 1 N–H and O–H groups in total. The van der Waals surface area contributed by atoms with Gasteiger partial charge >= 0.3 is 0 Å². The second-order valence-electron chi connectivity index (χ2n) is 5.72. The monoisotopic (exact) mass is 368 g/mol. The molecule has 0 aliphatic heterocycles. The average molecular weight is 369 g/mol. The van der Waals surface area contributed by atoms with E-state index < -0.39 is 11.0 Å². The second-order valence-corrected chi connectivity index (χ2v) is 6.56. The van der Waals surface area contributed by atoms with E-state index in [-0.39, 0.29) is 5.69 Å². The third kappa shape index (κ3) is 5.46. The predicted molar refractivity (Wildman–Crippen MR) is 95.6 cm³/mol. The maximum atomic E-state index is 10.8. The number of nitro groups is 1. The molecule has 0 saturated heterocycles. The van der Waals surface area contributed by atoms with Crippen LogP contribution in [0.3, 0.4) is 0 Å². The molecular weight excluding hydrogens is 351 g/mol. The summed E-state index contributed by atoms with van der Waals surface area (Å²) in [5.41, 5.74) is 1.68. The molecule has 5 nitrogen and oxygen atoms in total. The highest BCUT2D eigenvalue weighted by atomic mass is 35.5. The fraction of sp³-hybridized carbons (Fsp3) is 0.294. The number of aliphatic hydroxyl groups is 1. The van der Waals surface area contributed by atoms with Crippen molar-refractivity contribution in [1.82, 2.24) is 4.90 Å². The Morgan fingerprint density at radius 1 is 1.25 bits per heavy atom. The number of hydrogen-bond donors (Lipinski definition) is 1. The molecule has 128 valence electrons. The van der Waals surface area contributed by atoms with E-state index in [1.54, 1.807) is 24.3 Å². The summed E-state index contributed by atoms with van der Waals surface area (Å²) in [5.74, 6) is 0.